The maximum Gasteiger partial charge on any atom is 0.330 e. The molecule has 0 radical (unpaired) electrons. The average Bonchev–Trinajstić information content (AvgIpc) is 3.37. The molecule has 1 saturated heterocycles. The molecule has 3 unspecified atom stereocenters. The predicted octanol–water partition coefficient (Wildman–Crippen LogP) is 4.49. The molecule has 3 aromatic carbocycles. The van der Waals surface area contributed by atoms with Gasteiger partial charge in [-0.25, -0.2) is 4.79 Å². The number of aromatic amines is 1. The van der Waals surface area contributed by atoms with Gasteiger partial charge in [0, 0.05) is 17.5 Å². The zero-order valence-electron chi connectivity index (χ0n) is 20.9. The van der Waals surface area contributed by atoms with E-state index in [4.69, 9.17) is 15.9 Å². The number of benzene rings is 3. The summed E-state index contributed by atoms with van der Waals surface area (Å²) in [4.78, 5) is 29.7. The van der Waals surface area contributed by atoms with E-state index in [0.29, 0.717) is 0 Å². The van der Waals surface area contributed by atoms with Crippen LogP contribution in [0.2, 0.25) is 0 Å². The van der Waals surface area contributed by atoms with Gasteiger partial charge in [0.25, 0.3) is 5.56 Å². The van der Waals surface area contributed by atoms with Crippen molar-refractivity contribution in [2.24, 2.45) is 5.11 Å². The van der Waals surface area contributed by atoms with Gasteiger partial charge in [-0.1, -0.05) is 102 Å². The molecule has 1 aliphatic rings. The number of nitrogens with one attached hydrogen (secondary N) is 1. The van der Waals surface area contributed by atoms with Crippen LogP contribution in [0.15, 0.2) is 112 Å². The van der Waals surface area contributed by atoms with Gasteiger partial charge in [-0.2, -0.15) is 0 Å². The van der Waals surface area contributed by atoms with E-state index < -0.39 is 35.2 Å². The lowest BCUT2D eigenvalue weighted by Gasteiger charge is -2.37. The monoisotopic (exact) mass is 519 g/mol. The molecule has 0 bridgehead atoms. The standard InChI is InChI=1S/C30H25N5O4/c1-2-21-19-35(29(37)32-28(21)36)27-18-25(33-34-31)26(39-27)20-38-30(22-12-6-3-7-13-22,23-14-8-4-9-15-23)24-16-10-5-11-17-24/h1,3-17,19,25-27H,18,20H2,(H,32,36,37). The lowest BCUT2D eigenvalue weighted by atomic mass is 9.80. The third-order valence-electron chi connectivity index (χ3n) is 6.84. The molecule has 3 atom stereocenters. The van der Waals surface area contributed by atoms with Gasteiger partial charge in [-0.05, 0) is 22.2 Å². The minimum atomic E-state index is -1.00. The summed E-state index contributed by atoms with van der Waals surface area (Å²) in [5.74, 6) is 2.27. The Balaban J connectivity index is 1.54. The number of hydrogen-bond donors (Lipinski definition) is 1. The SMILES string of the molecule is C#Cc1cn(C2CC(N=[N+]=[N-])C(COC(c3ccccc3)(c3ccccc3)c3ccccc3)O2)c(=O)[nH]c1=O. The number of aromatic nitrogens is 2. The molecule has 0 aliphatic carbocycles. The van der Waals surface area contributed by atoms with E-state index in [1.54, 1.807) is 0 Å². The zero-order valence-corrected chi connectivity index (χ0v) is 20.9. The van der Waals surface area contributed by atoms with Crippen molar-refractivity contribution in [3.63, 3.8) is 0 Å². The van der Waals surface area contributed by atoms with Crippen molar-refractivity contribution < 1.29 is 9.47 Å². The normalized spacial score (nSPS) is 18.7. The smallest absolute Gasteiger partial charge is 0.330 e. The van der Waals surface area contributed by atoms with Crippen LogP contribution in [0, 0.1) is 12.3 Å². The first-order valence-electron chi connectivity index (χ1n) is 12.4. The Morgan fingerprint density at radius 1 is 1.00 bits per heavy atom. The molecule has 5 rings (SSSR count). The van der Waals surface area contributed by atoms with Crippen molar-refractivity contribution in [1.29, 1.82) is 0 Å². The second-order valence-electron chi connectivity index (χ2n) is 9.08. The number of terminal acetylenes is 1. The minimum absolute atomic E-state index is 0.00511. The van der Waals surface area contributed by atoms with Crippen molar-refractivity contribution in [3.8, 4) is 12.3 Å². The maximum absolute atomic E-state index is 12.6. The molecule has 0 spiro atoms. The van der Waals surface area contributed by atoms with Crippen LogP contribution in [0.4, 0.5) is 0 Å². The van der Waals surface area contributed by atoms with Crippen molar-refractivity contribution in [2.45, 2.75) is 30.4 Å². The average molecular weight is 520 g/mol. The predicted molar refractivity (Wildman–Crippen MR) is 146 cm³/mol. The number of H-pyrrole nitrogens is 1. The fourth-order valence-electron chi connectivity index (χ4n) is 5.00. The summed E-state index contributed by atoms with van der Waals surface area (Å²) < 4.78 is 14.3. The van der Waals surface area contributed by atoms with Gasteiger partial charge in [0.2, 0.25) is 0 Å². The van der Waals surface area contributed by atoms with E-state index in [1.165, 1.54) is 10.8 Å². The maximum atomic E-state index is 12.6. The highest BCUT2D eigenvalue weighted by Crippen LogP contribution is 2.41. The second-order valence-corrected chi connectivity index (χ2v) is 9.08. The fraction of sp³-hybridized carbons (Fsp3) is 0.200. The summed E-state index contributed by atoms with van der Waals surface area (Å²) >= 11 is 0. The Labute approximate surface area is 224 Å². The number of ether oxygens (including phenoxy) is 2. The van der Waals surface area contributed by atoms with Crippen LogP contribution in [0.1, 0.15) is 34.9 Å². The van der Waals surface area contributed by atoms with E-state index >= 15 is 0 Å². The Bertz CT molecular complexity index is 1540. The van der Waals surface area contributed by atoms with Gasteiger partial charge in [0.1, 0.15) is 17.4 Å². The molecular formula is C30H25N5O4. The topological polar surface area (TPSA) is 122 Å². The molecule has 4 aromatic rings. The third kappa shape index (κ3) is 5.00. The van der Waals surface area contributed by atoms with Gasteiger partial charge >= 0.3 is 5.69 Å². The Morgan fingerprint density at radius 2 is 1.54 bits per heavy atom. The van der Waals surface area contributed by atoms with Crippen molar-refractivity contribution in [3.05, 3.63) is 151 Å². The van der Waals surface area contributed by atoms with E-state index in [9.17, 15) is 15.1 Å². The van der Waals surface area contributed by atoms with Crippen LogP contribution in [0.25, 0.3) is 10.4 Å². The van der Waals surface area contributed by atoms with Gasteiger partial charge in [0.05, 0.1) is 18.8 Å². The Kier molecular flexibility index (Phi) is 7.43. The summed E-state index contributed by atoms with van der Waals surface area (Å²) in [6.45, 7) is 0.0406. The van der Waals surface area contributed by atoms with E-state index in [2.05, 4.69) is 20.9 Å². The first-order valence-corrected chi connectivity index (χ1v) is 12.4. The molecule has 9 heteroatoms. The highest BCUT2D eigenvalue weighted by Gasteiger charge is 2.42. The summed E-state index contributed by atoms with van der Waals surface area (Å²) in [7, 11) is 0. The van der Waals surface area contributed by atoms with Crippen LogP contribution in [0.3, 0.4) is 0 Å². The second kappa shape index (κ2) is 11.3. The largest absolute Gasteiger partial charge is 0.358 e. The van der Waals surface area contributed by atoms with Gasteiger partial charge in [-0.15, -0.1) is 6.42 Å². The third-order valence-corrected chi connectivity index (χ3v) is 6.84. The number of hydrogen-bond acceptors (Lipinski definition) is 5. The Hall–Kier alpha value is -4.87. The number of nitrogens with zero attached hydrogens (tertiary/aromatic N) is 4. The fourth-order valence-corrected chi connectivity index (χ4v) is 5.00. The van der Waals surface area contributed by atoms with Crippen LogP contribution >= 0.6 is 0 Å². The van der Waals surface area contributed by atoms with Crippen molar-refractivity contribution >= 4 is 0 Å². The summed E-state index contributed by atoms with van der Waals surface area (Å²) in [5.41, 5.74) is 9.66. The van der Waals surface area contributed by atoms with Crippen LogP contribution < -0.4 is 11.2 Å². The number of azide groups is 1. The van der Waals surface area contributed by atoms with E-state index in [-0.39, 0.29) is 18.6 Å². The quantitative estimate of drug-likeness (QED) is 0.121. The molecule has 1 aliphatic heterocycles. The van der Waals surface area contributed by atoms with Crippen molar-refractivity contribution in [1.82, 2.24) is 9.55 Å². The lowest BCUT2D eigenvalue weighted by Crippen LogP contribution is -2.38. The first-order chi connectivity index (χ1) is 19.1. The highest BCUT2D eigenvalue weighted by molar-refractivity contribution is 5.47. The molecular weight excluding hydrogens is 494 g/mol. The summed E-state index contributed by atoms with van der Waals surface area (Å²) in [6, 6.07) is 29.0. The van der Waals surface area contributed by atoms with Crippen LogP contribution in [-0.4, -0.2) is 28.3 Å². The van der Waals surface area contributed by atoms with E-state index in [0.717, 1.165) is 16.7 Å². The summed E-state index contributed by atoms with van der Waals surface area (Å²) in [5, 5.41) is 3.94. The number of rotatable bonds is 8. The van der Waals surface area contributed by atoms with Crippen molar-refractivity contribution in [2.75, 3.05) is 6.61 Å². The Morgan fingerprint density at radius 3 is 2.03 bits per heavy atom. The zero-order chi connectivity index (χ0) is 27.2. The molecule has 1 fully saturated rings. The first kappa shape index (κ1) is 25.8. The molecule has 1 N–H and O–H groups in total. The van der Waals surface area contributed by atoms with E-state index in [1.807, 2.05) is 91.0 Å². The van der Waals surface area contributed by atoms with Gasteiger partial charge in [0.15, 0.2) is 0 Å². The van der Waals surface area contributed by atoms with Gasteiger partial charge < -0.3 is 9.47 Å². The molecule has 2 heterocycles. The minimum Gasteiger partial charge on any atom is -0.358 e. The molecule has 0 amide bonds. The van der Waals surface area contributed by atoms with Gasteiger partial charge in [-0.3, -0.25) is 14.3 Å². The van der Waals surface area contributed by atoms with Crippen LogP contribution in [-0.2, 0) is 15.1 Å². The molecule has 39 heavy (non-hydrogen) atoms. The summed E-state index contributed by atoms with van der Waals surface area (Å²) in [6.07, 6.45) is 5.40. The molecule has 9 nitrogen and oxygen atoms in total. The molecule has 1 aromatic heterocycles. The van der Waals surface area contributed by atoms with Crippen LogP contribution in [0.5, 0.6) is 0 Å². The highest BCUT2D eigenvalue weighted by atomic mass is 16.6. The lowest BCUT2D eigenvalue weighted by molar-refractivity contribution is -0.0796. The molecule has 194 valence electrons. The molecule has 0 saturated carbocycles.